The number of unbranched alkanes of at least 4 members (excludes halogenated alkanes) is 2. The Hall–Kier alpha value is -1.36. The molecule has 0 aliphatic carbocycles. The molecule has 0 aromatic heterocycles. The molecule has 1 aromatic carbocycles. The number of carbonyl (C=O) groups excluding carboxylic acids is 1. The van der Waals surface area contributed by atoms with Crippen molar-refractivity contribution < 1.29 is 18.3 Å². The number of ether oxygens (including phenoxy) is 1. The summed E-state index contributed by atoms with van der Waals surface area (Å²) in [5.41, 5.74) is 0.548. The number of carbonyl (C=O) groups is 1. The van der Waals surface area contributed by atoms with Gasteiger partial charge in [0.15, 0.2) is 11.6 Å². The average Bonchev–Trinajstić information content (AvgIpc) is 2.79. The van der Waals surface area contributed by atoms with Gasteiger partial charge in [0.25, 0.3) is 0 Å². The normalized spacial score (nSPS) is 18.4. The van der Waals surface area contributed by atoms with Crippen molar-refractivity contribution in [1.29, 1.82) is 0 Å². The number of benzene rings is 1. The SMILES string of the molecule is O=C1OC[C@H](c2ccc(F)c(F)c2)N1CCCCCCl. The minimum atomic E-state index is -0.913. The zero-order valence-electron chi connectivity index (χ0n) is 10.9. The maximum atomic E-state index is 13.3. The zero-order chi connectivity index (χ0) is 14.5. The van der Waals surface area contributed by atoms with Crippen molar-refractivity contribution >= 4 is 17.7 Å². The van der Waals surface area contributed by atoms with E-state index in [1.54, 1.807) is 4.90 Å². The van der Waals surface area contributed by atoms with E-state index in [0.717, 1.165) is 31.4 Å². The average molecular weight is 304 g/mol. The molecule has 0 spiro atoms. The van der Waals surface area contributed by atoms with E-state index in [1.165, 1.54) is 6.07 Å². The van der Waals surface area contributed by atoms with E-state index in [4.69, 9.17) is 16.3 Å². The van der Waals surface area contributed by atoms with Crippen LogP contribution in [0, 0.1) is 11.6 Å². The first-order chi connectivity index (χ1) is 9.63. The van der Waals surface area contributed by atoms with Gasteiger partial charge in [-0.1, -0.05) is 12.5 Å². The Morgan fingerprint density at radius 3 is 2.75 bits per heavy atom. The number of amides is 1. The van der Waals surface area contributed by atoms with Crippen LogP contribution >= 0.6 is 11.6 Å². The van der Waals surface area contributed by atoms with Gasteiger partial charge >= 0.3 is 6.09 Å². The first kappa shape index (κ1) is 15.0. The van der Waals surface area contributed by atoms with Gasteiger partial charge in [0.05, 0.1) is 6.04 Å². The highest BCUT2D eigenvalue weighted by Gasteiger charge is 2.33. The third-order valence-electron chi connectivity index (χ3n) is 3.34. The van der Waals surface area contributed by atoms with E-state index in [9.17, 15) is 13.6 Å². The quantitative estimate of drug-likeness (QED) is 0.590. The van der Waals surface area contributed by atoms with Crippen LogP contribution in [-0.4, -0.2) is 30.0 Å². The van der Waals surface area contributed by atoms with Crippen LogP contribution in [0.3, 0.4) is 0 Å². The molecule has 0 radical (unpaired) electrons. The van der Waals surface area contributed by atoms with Crippen LogP contribution in [0.2, 0.25) is 0 Å². The molecule has 1 aliphatic rings. The molecule has 2 rings (SSSR count). The van der Waals surface area contributed by atoms with Crippen LogP contribution in [0.15, 0.2) is 18.2 Å². The number of halogens is 3. The minimum Gasteiger partial charge on any atom is -0.447 e. The Morgan fingerprint density at radius 1 is 1.25 bits per heavy atom. The molecule has 20 heavy (non-hydrogen) atoms. The molecule has 0 N–H and O–H groups in total. The lowest BCUT2D eigenvalue weighted by Crippen LogP contribution is -2.28. The van der Waals surface area contributed by atoms with E-state index in [2.05, 4.69) is 0 Å². The molecule has 0 saturated carbocycles. The molecule has 1 saturated heterocycles. The summed E-state index contributed by atoms with van der Waals surface area (Å²) in [6.07, 6.45) is 2.20. The zero-order valence-corrected chi connectivity index (χ0v) is 11.7. The third-order valence-corrected chi connectivity index (χ3v) is 3.60. The van der Waals surface area contributed by atoms with Crippen molar-refractivity contribution in [2.75, 3.05) is 19.0 Å². The maximum Gasteiger partial charge on any atom is 0.410 e. The van der Waals surface area contributed by atoms with Crippen molar-refractivity contribution in [2.24, 2.45) is 0 Å². The van der Waals surface area contributed by atoms with Gasteiger partial charge in [0.2, 0.25) is 0 Å². The Balaban J connectivity index is 2.05. The van der Waals surface area contributed by atoms with Crippen LogP contribution in [0.1, 0.15) is 30.9 Å². The van der Waals surface area contributed by atoms with Gasteiger partial charge in [-0.3, -0.25) is 4.90 Å². The number of hydrogen-bond donors (Lipinski definition) is 0. The summed E-state index contributed by atoms with van der Waals surface area (Å²) in [5.74, 6) is -1.21. The van der Waals surface area contributed by atoms with E-state index < -0.39 is 17.7 Å². The van der Waals surface area contributed by atoms with Gasteiger partial charge in [0.1, 0.15) is 6.61 Å². The molecule has 0 unspecified atom stereocenters. The van der Waals surface area contributed by atoms with Crippen molar-refractivity contribution in [1.82, 2.24) is 4.90 Å². The van der Waals surface area contributed by atoms with Crippen LogP contribution in [-0.2, 0) is 4.74 Å². The summed E-state index contributed by atoms with van der Waals surface area (Å²) in [7, 11) is 0. The van der Waals surface area contributed by atoms with Crippen LogP contribution in [0.25, 0.3) is 0 Å². The number of hydrogen-bond acceptors (Lipinski definition) is 2. The first-order valence-electron chi connectivity index (χ1n) is 6.58. The third kappa shape index (κ3) is 3.39. The monoisotopic (exact) mass is 303 g/mol. The number of cyclic esters (lactones) is 1. The molecule has 1 aromatic rings. The second-order valence-electron chi connectivity index (χ2n) is 4.71. The lowest BCUT2D eigenvalue weighted by atomic mass is 10.1. The number of rotatable bonds is 6. The highest BCUT2D eigenvalue weighted by Crippen LogP contribution is 2.28. The van der Waals surface area contributed by atoms with Gasteiger partial charge in [-0.2, -0.15) is 0 Å². The van der Waals surface area contributed by atoms with Crippen LogP contribution in [0.4, 0.5) is 13.6 Å². The molecule has 1 amide bonds. The maximum absolute atomic E-state index is 13.3. The van der Waals surface area contributed by atoms with Crippen molar-refractivity contribution in [3.05, 3.63) is 35.4 Å². The molecule has 1 fully saturated rings. The van der Waals surface area contributed by atoms with Crippen LogP contribution < -0.4 is 0 Å². The fourth-order valence-electron chi connectivity index (χ4n) is 2.25. The smallest absolute Gasteiger partial charge is 0.410 e. The Bertz CT molecular complexity index is 484. The predicted molar refractivity (Wildman–Crippen MR) is 71.7 cm³/mol. The van der Waals surface area contributed by atoms with Gasteiger partial charge < -0.3 is 4.74 Å². The highest BCUT2D eigenvalue weighted by molar-refractivity contribution is 6.17. The molecular weight excluding hydrogens is 288 g/mol. The number of alkyl halides is 1. The van der Waals surface area contributed by atoms with E-state index in [-0.39, 0.29) is 12.6 Å². The lowest BCUT2D eigenvalue weighted by molar-refractivity contribution is 0.157. The molecule has 1 heterocycles. The van der Waals surface area contributed by atoms with Gasteiger partial charge in [-0.25, -0.2) is 13.6 Å². The van der Waals surface area contributed by atoms with E-state index in [1.807, 2.05) is 0 Å². The van der Waals surface area contributed by atoms with Gasteiger partial charge in [-0.05, 0) is 30.5 Å². The largest absolute Gasteiger partial charge is 0.447 e. The summed E-state index contributed by atoms with van der Waals surface area (Å²) in [5, 5.41) is 0. The van der Waals surface area contributed by atoms with Crippen molar-refractivity contribution in [3.63, 3.8) is 0 Å². The highest BCUT2D eigenvalue weighted by atomic mass is 35.5. The topological polar surface area (TPSA) is 29.5 Å². The fourth-order valence-corrected chi connectivity index (χ4v) is 2.44. The van der Waals surface area contributed by atoms with Crippen molar-refractivity contribution in [2.45, 2.75) is 25.3 Å². The van der Waals surface area contributed by atoms with Gasteiger partial charge in [0, 0.05) is 12.4 Å². The first-order valence-corrected chi connectivity index (χ1v) is 7.11. The summed E-state index contributed by atoms with van der Waals surface area (Å²) in [6.45, 7) is 0.693. The molecule has 1 aliphatic heterocycles. The molecule has 1 atom stereocenters. The summed E-state index contributed by atoms with van der Waals surface area (Å²) < 4.78 is 31.2. The van der Waals surface area contributed by atoms with E-state index >= 15 is 0 Å². The standard InChI is InChI=1S/C14H16ClF2NO2/c15-6-2-1-3-7-18-13(9-20-14(18)19)10-4-5-11(16)12(17)8-10/h4-5,8,13H,1-3,6-7,9H2/t13-/m1/s1. The molecule has 0 bridgehead atoms. The molecular formula is C14H16ClF2NO2. The fraction of sp³-hybridized carbons (Fsp3) is 0.500. The van der Waals surface area contributed by atoms with Crippen molar-refractivity contribution in [3.8, 4) is 0 Å². The predicted octanol–water partition coefficient (Wildman–Crippen LogP) is 3.87. The summed E-state index contributed by atoms with van der Waals surface area (Å²) >= 11 is 5.60. The van der Waals surface area contributed by atoms with Crippen LogP contribution in [0.5, 0.6) is 0 Å². The Morgan fingerprint density at radius 2 is 2.05 bits per heavy atom. The van der Waals surface area contributed by atoms with E-state index in [0.29, 0.717) is 18.0 Å². The Kier molecular flexibility index (Phi) is 5.17. The minimum absolute atomic E-state index is 0.166. The molecule has 6 heteroatoms. The lowest BCUT2D eigenvalue weighted by Gasteiger charge is -2.21. The summed E-state index contributed by atoms with van der Waals surface area (Å²) in [4.78, 5) is 13.2. The second kappa shape index (κ2) is 6.88. The summed E-state index contributed by atoms with van der Waals surface area (Å²) in [6, 6.07) is 3.32. The Labute approximate surface area is 121 Å². The number of nitrogens with zero attached hydrogens (tertiary/aromatic N) is 1. The molecule has 3 nitrogen and oxygen atoms in total. The second-order valence-corrected chi connectivity index (χ2v) is 5.09. The molecule has 110 valence electrons. The van der Waals surface area contributed by atoms with Gasteiger partial charge in [-0.15, -0.1) is 11.6 Å².